The van der Waals surface area contributed by atoms with E-state index in [4.69, 9.17) is 9.47 Å². The number of rotatable bonds is 3. The lowest BCUT2D eigenvalue weighted by atomic mass is 9.98. The van der Waals surface area contributed by atoms with E-state index in [0.29, 0.717) is 17.5 Å². The van der Waals surface area contributed by atoms with E-state index in [1.54, 1.807) is 18.7 Å². The van der Waals surface area contributed by atoms with Crippen molar-refractivity contribution >= 4 is 10.9 Å². The molecule has 0 spiro atoms. The summed E-state index contributed by atoms with van der Waals surface area (Å²) in [6.45, 7) is 4.63. The predicted octanol–water partition coefficient (Wildman–Crippen LogP) is 3.57. The molecule has 7 nitrogen and oxygen atoms in total. The summed E-state index contributed by atoms with van der Waals surface area (Å²) in [7, 11) is 4.87. The van der Waals surface area contributed by atoms with Crippen molar-refractivity contribution in [1.29, 1.82) is 0 Å². The maximum Gasteiger partial charge on any atom is 0.331 e. The Kier molecular flexibility index (Phi) is 4.83. The Morgan fingerprint density at radius 3 is 2.27 bits per heavy atom. The van der Waals surface area contributed by atoms with E-state index < -0.39 is 11.6 Å². The van der Waals surface area contributed by atoms with Gasteiger partial charge in [0.15, 0.2) is 0 Å². The average molecular weight is 446 g/mol. The van der Waals surface area contributed by atoms with Crippen LogP contribution in [0.1, 0.15) is 31.2 Å². The van der Waals surface area contributed by atoms with Crippen LogP contribution in [-0.4, -0.2) is 27.4 Å². The van der Waals surface area contributed by atoms with E-state index in [1.807, 2.05) is 54.6 Å². The minimum Gasteiger partial charge on any atom is -0.497 e. The molecule has 0 radical (unpaired) electrons. The van der Waals surface area contributed by atoms with Crippen molar-refractivity contribution in [3.8, 4) is 17.0 Å². The molecule has 2 aromatic carbocycles. The van der Waals surface area contributed by atoms with E-state index in [9.17, 15) is 9.59 Å². The van der Waals surface area contributed by atoms with Crippen LogP contribution in [0.3, 0.4) is 0 Å². The Hall–Kier alpha value is -3.58. The number of hydrogen-bond donors (Lipinski definition) is 0. The van der Waals surface area contributed by atoms with Gasteiger partial charge >= 0.3 is 5.69 Å². The summed E-state index contributed by atoms with van der Waals surface area (Å²) in [6.07, 6.45) is -0.443. The van der Waals surface area contributed by atoms with Crippen molar-refractivity contribution in [2.24, 2.45) is 14.1 Å². The lowest BCUT2D eigenvalue weighted by Gasteiger charge is -2.39. The second kappa shape index (κ2) is 7.49. The number of aryl methyl sites for hydroxylation is 1. The topological polar surface area (TPSA) is 67.4 Å². The van der Waals surface area contributed by atoms with Gasteiger partial charge in [0.1, 0.15) is 11.9 Å². The number of aromatic nitrogens is 3. The quantitative estimate of drug-likeness (QED) is 0.484. The Balaban J connectivity index is 1.97. The molecule has 1 aliphatic heterocycles. The molecule has 170 valence electrons. The SMILES string of the molecule is COc1ccc([C@@H]2OCC(C)(C)n3c(-c4ccccc4)c4c(=O)n(C)c(=O)n(C)c4c32)cc1. The van der Waals surface area contributed by atoms with Gasteiger partial charge in [-0.15, -0.1) is 0 Å². The molecule has 4 aromatic rings. The molecule has 0 N–H and O–H groups in total. The standard InChI is InChI=1S/C26H27N3O4/c1-26(2)15-33-23(17-11-13-18(32-5)14-12-17)22-21-19(24(30)28(4)25(31)27(21)3)20(29(22)26)16-9-7-6-8-10-16/h6-14,23H,15H2,1-5H3/t23-/m0/s1. The zero-order valence-electron chi connectivity index (χ0n) is 19.5. The van der Waals surface area contributed by atoms with Gasteiger partial charge < -0.3 is 14.0 Å². The minimum absolute atomic E-state index is 0.307. The summed E-state index contributed by atoms with van der Waals surface area (Å²) in [5.74, 6) is 0.751. The van der Waals surface area contributed by atoms with Crippen molar-refractivity contribution in [3.63, 3.8) is 0 Å². The summed E-state index contributed by atoms with van der Waals surface area (Å²) in [6, 6.07) is 17.6. The Morgan fingerprint density at radius 1 is 0.970 bits per heavy atom. The van der Waals surface area contributed by atoms with Crippen LogP contribution in [0.5, 0.6) is 5.75 Å². The summed E-state index contributed by atoms with van der Waals surface area (Å²) in [4.78, 5) is 26.5. The maximum atomic E-state index is 13.5. The van der Waals surface area contributed by atoms with Gasteiger partial charge in [-0.3, -0.25) is 13.9 Å². The molecule has 5 rings (SSSR count). The molecular weight excluding hydrogens is 418 g/mol. The molecule has 3 heterocycles. The highest BCUT2D eigenvalue weighted by Gasteiger charge is 2.40. The van der Waals surface area contributed by atoms with Crippen LogP contribution in [0.25, 0.3) is 22.2 Å². The zero-order chi connectivity index (χ0) is 23.5. The fourth-order valence-corrected chi connectivity index (χ4v) is 4.90. The van der Waals surface area contributed by atoms with Crippen LogP contribution in [0.4, 0.5) is 0 Å². The summed E-state index contributed by atoms with van der Waals surface area (Å²) >= 11 is 0. The molecule has 2 aromatic heterocycles. The molecule has 1 atom stereocenters. The van der Waals surface area contributed by atoms with Gasteiger partial charge in [0.25, 0.3) is 5.56 Å². The van der Waals surface area contributed by atoms with E-state index in [1.165, 1.54) is 11.6 Å². The van der Waals surface area contributed by atoms with Crippen LogP contribution in [0.15, 0.2) is 64.2 Å². The third-order valence-electron chi connectivity index (χ3n) is 6.53. The van der Waals surface area contributed by atoms with Crippen molar-refractivity contribution in [2.75, 3.05) is 13.7 Å². The van der Waals surface area contributed by atoms with E-state index in [-0.39, 0.29) is 11.2 Å². The summed E-state index contributed by atoms with van der Waals surface area (Å²) in [5.41, 5.74) is 2.97. The number of benzene rings is 2. The number of hydrogen-bond acceptors (Lipinski definition) is 4. The average Bonchev–Trinajstić information content (AvgIpc) is 3.20. The van der Waals surface area contributed by atoms with Crippen LogP contribution >= 0.6 is 0 Å². The van der Waals surface area contributed by atoms with E-state index >= 15 is 0 Å². The first-order valence-corrected chi connectivity index (χ1v) is 10.9. The molecule has 0 saturated heterocycles. The molecule has 0 bridgehead atoms. The van der Waals surface area contributed by atoms with Gasteiger partial charge in [0, 0.05) is 14.1 Å². The van der Waals surface area contributed by atoms with Crippen molar-refractivity contribution in [2.45, 2.75) is 25.5 Å². The van der Waals surface area contributed by atoms with Crippen LogP contribution in [0.2, 0.25) is 0 Å². The highest BCUT2D eigenvalue weighted by molar-refractivity contribution is 5.96. The predicted molar refractivity (Wildman–Crippen MR) is 128 cm³/mol. The second-order valence-electron chi connectivity index (χ2n) is 9.14. The summed E-state index contributed by atoms with van der Waals surface area (Å²) < 4.78 is 16.7. The first-order valence-electron chi connectivity index (χ1n) is 10.9. The van der Waals surface area contributed by atoms with Crippen molar-refractivity contribution in [3.05, 3.63) is 86.7 Å². The second-order valence-corrected chi connectivity index (χ2v) is 9.14. The molecule has 1 aliphatic rings. The lowest BCUT2D eigenvalue weighted by molar-refractivity contribution is -0.00708. The molecule has 0 aliphatic carbocycles. The van der Waals surface area contributed by atoms with Crippen molar-refractivity contribution in [1.82, 2.24) is 13.7 Å². The zero-order valence-corrected chi connectivity index (χ0v) is 19.5. The van der Waals surface area contributed by atoms with Gasteiger partial charge in [-0.05, 0) is 37.1 Å². The molecule has 0 unspecified atom stereocenters. The third-order valence-corrected chi connectivity index (χ3v) is 6.53. The first kappa shape index (κ1) is 21.3. The van der Waals surface area contributed by atoms with Crippen LogP contribution < -0.4 is 16.0 Å². The monoisotopic (exact) mass is 445 g/mol. The fourth-order valence-electron chi connectivity index (χ4n) is 4.90. The minimum atomic E-state index is -0.443. The Labute approximate surface area is 191 Å². The molecular formula is C26H27N3O4. The lowest BCUT2D eigenvalue weighted by Crippen LogP contribution is -2.40. The number of nitrogens with zero attached hydrogens (tertiary/aromatic N) is 3. The largest absolute Gasteiger partial charge is 0.497 e. The highest BCUT2D eigenvalue weighted by atomic mass is 16.5. The van der Waals surface area contributed by atoms with Crippen LogP contribution in [0, 0.1) is 0 Å². The molecule has 33 heavy (non-hydrogen) atoms. The van der Waals surface area contributed by atoms with E-state index in [2.05, 4.69) is 18.4 Å². The molecule has 0 saturated carbocycles. The molecule has 0 fully saturated rings. The smallest absolute Gasteiger partial charge is 0.331 e. The molecule has 7 heteroatoms. The maximum absolute atomic E-state index is 13.5. The van der Waals surface area contributed by atoms with Crippen molar-refractivity contribution < 1.29 is 9.47 Å². The first-order chi connectivity index (χ1) is 15.8. The third kappa shape index (κ3) is 3.07. The fraction of sp³-hybridized carbons (Fsp3) is 0.308. The Bertz CT molecular complexity index is 1470. The number of ether oxygens (including phenoxy) is 2. The number of methoxy groups -OCH3 is 1. The van der Waals surface area contributed by atoms with Gasteiger partial charge in [-0.2, -0.15) is 0 Å². The number of fused-ring (bicyclic) bond motifs is 3. The van der Waals surface area contributed by atoms with Gasteiger partial charge in [0.05, 0.1) is 41.5 Å². The Morgan fingerprint density at radius 2 is 1.64 bits per heavy atom. The normalized spacial score (nSPS) is 17.2. The summed E-state index contributed by atoms with van der Waals surface area (Å²) in [5, 5.41) is 0.526. The van der Waals surface area contributed by atoms with E-state index in [0.717, 1.165) is 28.3 Å². The van der Waals surface area contributed by atoms with Crippen LogP contribution in [-0.2, 0) is 24.4 Å². The molecule has 0 amide bonds. The highest BCUT2D eigenvalue weighted by Crippen LogP contribution is 2.45. The van der Waals surface area contributed by atoms with Gasteiger partial charge in [-0.1, -0.05) is 42.5 Å². The van der Waals surface area contributed by atoms with Gasteiger partial charge in [0.2, 0.25) is 0 Å². The van der Waals surface area contributed by atoms with Gasteiger partial charge in [-0.25, -0.2) is 4.79 Å².